The van der Waals surface area contributed by atoms with Crippen LogP contribution in [0.3, 0.4) is 0 Å². The van der Waals surface area contributed by atoms with Crippen molar-refractivity contribution in [3.63, 3.8) is 0 Å². The van der Waals surface area contributed by atoms with Gasteiger partial charge in [-0.3, -0.25) is 0 Å². The molecule has 0 bridgehead atoms. The van der Waals surface area contributed by atoms with E-state index >= 15 is 0 Å². The minimum atomic E-state index is -3.52. The number of halogens is 2. The maximum atomic E-state index is 13.8. The van der Waals surface area contributed by atoms with E-state index < -0.39 is 10.0 Å². The van der Waals surface area contributed by atoms with Crippen molar-refractivity contribution in [1.82, 2.24) is 9.29 Å². The molecule has 0 spiro atoms. The van der Waals surface area contributed by atoms with Crippen LogP contribution in [0.5, 0.6) is 0 Å². The second-order valence-corrected chi connectivity index (χ2v) is 9.52. The Kier molecular flexibility index (Phi) is 6.19. The summed E-state index contributed by atoms with van der Waals surface area (Å²) >= 11 is 7.33. The highest BCUT2D eigenvalue weighted by Crippen LogP contribution is 2.28. The molecule has 1 saturated heterocycles. The summed E-state index contributed by atoms with van der Waals surface area (Å²) in [6.45, 7) is 2.61. The SMILES string of the molecule is C[NH+]1CCN(S(=O)(=O)c2ccc(SCc3c(F)cccc3Cl)nc2)CC1. The van der Waals surface area contributed by atoms with Gasteiger partial charge in [0.15, 0.2) is 0 Å². The van der Waals surface area contributed by atoms with Gasteiger partial charge in [-0.15, -0.1) is 11.8 Å². The fourth-order valence-electron chi connectivity index (χ4n) is 2.68. The molecule has 9 heteroatoms. The summed E-state index contributed by atoms with van der Waals surface area (Å²) in [6.07, 6.45) is 1.37. The van der Waals surface area contributed by atoms with Crippen LogP contribution in [0, 0.1) is 5.82 Å². The van der Waals surface area contributed by atoms with E-state index in [2.05, 4.69) is 12.0 Å². The first kappa shape index (κ1) is 19.6. The topological polar surface area (TPSA) is 54.7 Å². The molecule has 1 aliphatic rings. The summed E-state index contributed by atoms with van der Waals surface area (Å²) in [7, 11) is -1.46. The van der Waals surface area contributed by atoms with Crippen LogP contribution in [-0.2, 0) is 15.8 Å². The maximum Gasteiger partial charge on any atom is 0.245 e. The van der Waals surface area contributed by atoms with E-state index in [1.54, 1.807) is 24.3 Å². The third kappa shape index (κ3) is 4.37. The number of pyridine rings is 1. The molecular formula is C17H20ClFN3O2S2+. The van der Waals surface area contributed by atoms with Crippen LogP contribution < -0.4 is 4.90 Å². The predicted octanol–water partition coefficient (Wildman–Crippen LogP) is 1.69. The molecule has 140 valence electrons. The first-order valence-electron chi connectivity index (χ1n) is 8.21. The van der Waals surface area contributed by atoms with Crippen molar-refractivity contribution < 1.29 is 17.7 Å². The molecule has 0 aliphatic carbocycles. The number of rotatable bonds is 5. The molecule has 1 aliphatic heterocycles. The predicted molar refractivity (Wildman–Crippen MR) is 101 cm³/mol. The number of sulfonamides is 1. The number of hydrogen-bond acceptors (Lipinski definition) is 4. The molecule has 1 N–H and O–H groups in total. The van der Waals surface area contributed by atoms with Gasteiger partial charge in [-0.2, -0.15) is 4.31 Å². The van der Waals surface area contributed by atoms with Gasteiger partial charge in [-0.05, 0) is 24.3 Å². The standard InChI is InChI=1S/C17H19ClFN3O2S2/c1-21-7-9-22(10-8-21)26(23,24)13-5-6-17(20-11-13)25-12-14-15(18)3-2-4-16(14)19/h2-6,11H,7-10,12H2,1H3/p+1. The Labute approximate surface area is 162 Å². The van der Waals surface area contributed by atoms with Crippen LogP contribution in [0.15, 0.2) is 46.5 Å². The number of thioether (sulfide) groups is 1. The molecule has 26 heavy (non-hydrogen) atoms. The number of hydrogen-bond donors (Lipinski definition) is 1. The molecule has 0 atom stereocenters. The number of piperazine rings is 1. The van der Waals surface area contributed by atoms with Crippen molar-refractivity contribution in [3.8, 4) is 0 Å². The van der Waals surface area contributed by atoms with Crippen LogP contribution in [0.4, 0.5) is 4.39 Å². The van der Waals surface area contributed by atoms with Gasteiger partial charge in [0.05, 0.1) is 38.3 Å². The number of likely N-dealkylation sites (N-methyl/N-ethyl adjacent to an activating group) is 1. The van der Waals surface area contributed by atoms with Crippen LogP contribution in [0.1, 0.15) is 5.56 Å². The maximum absolute atomic E-state index is 13.8. The second-order valence-electron chi connectivity index (χ2n) is 6.18. The molecule has 0 radical (unpaired) electrons. The highest BCUT2D eigenvalue weighted by atomic mass is 35.5. The quantitative estimate of drug-likeness (QED) is 0.753. The summed E-state index contributed by atoms with van der Waals surface area (Å²) in [5.41, 5.74) is 0.414. The highest BCUT2D eigenvalue weighted by molar-refractivity contribution is 7.98. The molecule has 2 heterocycles. The van der Waals surface area contributed by atoms with Crippen molar-refractivity contribution in [2.24, 2.45) is 0 Å². The molecule has 1 aromatic heterocycles. The van der Waals surface area contributed by atoms with Crippen molar-refractivity contribution in [1.29, 1.82) is 0 Å². The molecule has 0 amide bonds. The number of nitrogens with zero attached hydrogens (tertiary/aromatic N) is 2. The third-order valence-corrected chi connectivity index (χ3v) is 7.56. The van der Waals surface area contributed by atoms with E-state index in [1.807, 2.05) is 0 Å². The van der Waals surface area contributed by atoms with Crippen LogP contribution in [0.2, 0.25) is 5.02 Å². The van der Waals surface area contributed by atoms with Crippen molar-refractivity contribution in [2.75, 3.05) is 33.2 Å². The van der Waals surface area contributed by atoms with Crippen molar-refractivity contribution >= 4 is 33.4 Å². The Morgan fingerprint density at radius 1 is 1.27 bits per heavy atom. The van der Waals surface area contributed by atoms with Crippen LogP contribution >= 0.6 is 23.4 Å². The number of quaternary nitrogens is 1. The number of aromatic nitrogens is 1. The summed E-state index contributed by atoms with van der Waals surface area (Å²) < 4.78 is 40.7. The Hall–Kier alpha value is -1.19. The molecule has 0 unspecified atom stereocenters. The van der Waals surface area contributed by atoms with E-state index in [4.69, 9.17) is 11.6 Å². The zero-order chi connectivity index (χ0) is 18.7. The minimum Gasteiger partial charge on any atom is -0.335 e. The molecule has 3 rings (SSSR count). The van der Waals surface area contributed by atoms with E-state index in [1.165, 1.54) is 33.2 Å². The number of nitrogens with one attached hydrogen (secondary N) is 1. The smallest absolute Gasteiger partial charge is 0.245 e. The van der Waals surface area contributed by atoms with Crippen molar-refractivity contribution in [3.05, 3.63) is 52.9 Å². The molecule has 0 saturated carbocycles. The van der Waals surface area contributed by atoms with Crippen molar-refractivity contribution in [2.45, 2.75) is 15.7 Å². The van der Waals surface area contributed by atoms with Gasteiger partial charge >= 0.3 is 0 Å². The fourth-order valence-corrected chi connectivity index (χ4v) is 5.25. The van der Waals surface area contributed by atoms with E-state index in [0.717, 1.165) is 13.1 Å². The van der Waals surface area contributed by atoms with Gasteiger partial charge in [0.1, 0.15) is 10.7 Å². The first-order chi connectivity index (χ1) is 12.4. The van der Waals surface area contributed by atoms with E-state index in [9.17, 15) is 12.8 Å². The summed E-state index contributed by atoms with van der Waals surface area (Å²) in [6, 6.07) is 7.76. The van der Waals surface area contributed by atoms with E-state index in [-0.39, 0.29) is 10.7 Å². The average Bonchev–Trinajstić information content (AvgIpc) is 2.62. The zero-order valence-corrected chi connectivity index (χ0v) is 16.7. The van der Waals surface area contributed by atoms with Crippen LogP contribution in [0.25, 0.3) is 0 Å². The summed E-state index contributed by atoms with van der Waals surface area (Å²) in [4.78, 5) is 5.73. The first-order valence-corrected chi connectivity index (χ1v) is 11.0. The Morgan fingerprint density at radius 2 is 2.00 bits per heavy atom. The summed E-state index contributed by atoms with van der Waals surface area (Å²) in [5.74, 6) is -0.0346. The van der Waals surface area contributed by atoms with Gasteiger partial charge in [-0.25, -0.2) is 17.8 Å². The van der Waals surface area contributed by atoms with E-state index in [0.29, 0.717) is 34.5 Å². The van der Waals surface area contributed by atoms with Crippen LogP contribution in [-0.4, -0.2) is 50.9 Å². The molecular weight excluding hydrogens is 397 g/mol. The van der Waals surface area contributed by atoms with Gasteiger partial charge in [0.25, 0.3) is 0 Å². The zero-order valence-electron chi connectivity index (χ0n) is 14.3. The molecule has 5 nitrogen and oxygen atoms in total. The second kappa shape index (κ2) is 8.22. The lowest BCUT2D eigenvalue weighted by Gasteiger charge is -2.29. The summed E-state index contributed by atoms with van der Waals surface area (Å²) in [5, 5.41) is 0.986. The van der Waals surface area contributed by atoms with Gasteiger partial charge in [-0.1, -0.05) is 17.7 Å². The fraction of sp³-hybridized carbons (Fsp3) is 0.353. The lowest BCUT2D eigenvalue weighted by atomic mass is 10.2. The van der Waals surface area contributed by atoms with Gasteiger partial charge < -0.3 is 4.90 Å². The minimum absolute atomic E-state index is 0.185. The van der Waals surface area contributed by atoms with Gasteiger partial charge in [0, 0.05) is 22.5 Å². The lowest BCUT2D eigenvalue weighted by Crippen LogP contribution is -3.12. The number of benzene rings is 1. The Balaban J connectivity index is 1.68. The Bertz CT molecular complexity index is 850. The van der Waals surface area contributed by atoms with Gasteiger partial charge in [0.2, 0.25) is 10.0 Å². The molecule has 1 aromatic carbocycles. The molecule has 2 aromatic rings. The molecule has 1 fully saturated rings. The monoisotopic (exact) mass is 416 g/mol. The average molecular weight is 417 g/mol. The largest absolute Gasteiger partial charge is 0.335 e. The lowest BCUT2D eigenvalue weighted by molar-refractivity contribution is -0.883. The normalized spacial score (nSPS) is 16.7. The highest BCUT2D eigenvalue weighted by Gasteiger charge is 2.29. The third-order valence-electron chi connectivity index (χ3n) is 4.35. The Morgan fingerprint density at radius 3 is 2.62 bits per heavy atom.